The van der Waals surface area contributed by atoms with Crippen LogP contribution in [0.5, 0.6) is 0 Å². The Balaban J connectivity index is 2.13. The molecule has 0 saturated carbocycles. The lowest BCUT2D eigenvalue weighted by Gasteiger charge is -2.24. The van der Waals surface area contributed by atoms with Gasteiger partial charge in [-0.3, -0.25) is 15.0 Å². The summed E-state index contributed by atoms with van der Waals surface area (Å²) in [5.41, 5.74) is 2.55. The van der Waals surface area contributed by atoms with Crippen LogP contribution >= 0.6 is 0 Å². The van der Waals surface area contributed by atoms with Gasteiger partial charge in [0.2, 0.25) is 0 Å². The molecule has 0 aliphatic carbocycles. The zero-order valence-electron chi connectivity index (χ0n) is 9.93. The summed E-state index contributed by atoms with van der Waals surface area (Å²) in [6.07, 6.45) is 3.24. The van der Waals surface area contributed by atoms with Crippen LogP contribution in [0.2, 0.25) is 0 Å². The first-order valence-electron chi connectivity index (χ1n) is 5.87. The van der Waals surface area contributed by atoms with E-state index in [9.17, 15) is 10.1 Å². The highest BCUT2D eigenvalue weighted by Crippen LogP contribution is 2.24. The Morgan fingerprint density at radius 3 is 2.53 bits per heavy atom. The molecule has 0 saturated heterocycles. The number of nitro benzene ring substituents is 1. The van der Waals surface area contributed by atoms with Gasteiger partial charge in [0.15, 0.2) is 0 Å². The van der Waals surface area contributed by atoms with Crippen molar-refractivity contribution in [3.05, 3.63) is 46.0 Å². The summed E-state index contributed by atoms with van der Waals surface area (Å²) < 4.78 is 0. The van der Waals surface area contributed by atoms with Crippen molar-refractivity contribution in [2.45, 2.75) is 13.3 Å². The molecule has 0 amide bonds. The van der Waals surface area contributed by atoms with Crippen molar-refractivity contribution in [1.82, 2.24) is 4.90 Å². The number of hydrogen-bond donors (Lipinski definition) is 0. The Kier molecular flexibility index (Phi) is 3.54. The van der Waals surface area contributed by atoms with Crippen molar-refractivity contribution in [2.24, 2.45) is 0 Å². The third kappa shape index (κ3) is 2.71. The molecule has 0 radical (unpaired) electrons. The highest BCUT2D eigenvalue weighted by atomic mass is 16.6. The molecule has 1 aliphatic heterocycles. The van der Waals surface area contributed by atoms with Crippen LogP contribution in [-0.2, 0) is 0 Å². The standard InChI is InChI=1S/C13H16N2O2/c1-2-14-9-7-12(8-10-14)11-3-5-13(6-4-11)15(16)17/h3-7H,2,8-10H2,1H3. The fraction of sp³-hybridized carbons (Fsp3) is 0.385. The van der Waals surface area contributed by atoms with Gasteiger partial charge >= 0.3 is 0 Å². The van der Waals surface area contributed by atoms with Gasteiger partial charge < -0.3 is 0 Å². The van der Waals surface area contributed by atoms with Crippen LogP contribution in [0.25, 0.3) is 5.57 Å². The lowest BCUT2D eigenvalue weighted by atomic mass is 9.99. The molecule has 1 aromatic rings. The van der Waals surface area contributed by atoms with Gasteiger partial charge in [-0.05, 0) is 36.2 Å². The Bertz CT molecular complexity index is 437. The van der Waals surface area contributed by atoms with Gasteiger partial charge in [-0.2, -0.15) is 0 Å². The first-order chi connectivity index (χ1) is 8.20. The van der Waals surface area contributed by atoms with E-state index in [0.717, 1.165) is 31.6 Å². The maximum absolute atomic E-state index is 10.6. The fourth-order valence-corrected chi connectivity index (χ4v) is 2.06. The van der Waals surface area contributed by atoms with Crippen LogP contribution in [0.15, 0.2) is 30.3 Å². The monoisotopic (exact) mass is 232 g/mol. The summed E-state index contributed by atoms with van der Waals surface area (Å²) in [6.45, 7) is 5.27. The fourth-order valence-electron chi connectivity index (χ4n) is 2.06. The number of non-ortho nitro benzene ring substituents is 1. The number of hydrogen-bond acceptors (Lipinski definition) is 3. The summed E-state index contributed by atoms with van der Waals surface area (Å²) in [4.78, 5) is 12.6. The molecule has 1 aromatic carbocycles. The van der Waals surface area contributed by atoms with Crippen LogP contribution < -0.4 is 0 Å². The first kappa shape index (κ1) is 11.8. The van der Waals surface area contributed by atoms with Crippen LogP contribution in [0.3, 0.4) is 0 Å². The van der Waals surface area contributed by atoms with Crippen LogP contribution in [-0.4, -0.2) is 29.5 Å². The van der Waals surface area contributed by atoms with Gasteiger partial charge in [0, 0.05) is 25.2 Å². The Hall–Kier alpha value is -1.68. The number of nitrogens with zero attached hydrogens (tertiary/aromatic N) is 2. The summed E-state index contributed by atoms with van der Waals surface area (Å²) in [6, 6.07) is 6.82. The summed E-state index contributed by atoms with van der Waals surface area (Å²) in [5, 5.41) is 10.6. The quantitative estimate of drug-likeness (QED) is 0.594. The smallest absolute Gasteiger partial charge is 0.269 e. The van der Waals surface area contributed by atoms with Crippen LogP contribution in [0.4, 0.5) is 5.69 Å². The Morgan fingerprint density at radius 1 is 1.35 bits per heavy atom. The van der Waals surface area contributed by atoms with Crippen LogP contribution in [0, 0.1) is 10.1 Å². The average Bonchev–Trinajstić information content (AvgIpc) is 2.39. The molecule has 1 heterocycles. The van der Waals surface area contributed by atoms with Crippen molar-refractivity contribution in [3.8, 4) is 0 Å². The number of likely N-dealkylation sites (N-methyl/N-ethyl adjacent to an activating group) is 1. The molecule has 0 spiro atoms. The second-order valence-electron chi connectivity index (χ2n) is 4.18. The SMILES string of the molecule is CCN1CC=C(c2ccc([N+](=O)[O-])cc2)CC1. The highest BCUT2D eigenvalue weighted by molar-refractivity contribution is 5.67. The molecule has 0 N–H and O–H groups in total. The molecule has 4 heteroatoms. The Morgan fingerprint density at radius 2 is 2.06 bits per heavy atom. The molecule has 0 fully saturated rings. The molecule has 4 nitrogen and oxygen atoms in total. The van der Waals surface area contributed by atoms with E-state index >= 15 is 0 Å². The zero-order valence-corrected chi connectivity index (χ0v) is 9.93. The number of benzene rings is 1. The van der Waals surface area contributed by atoms with Gasteiger partial charge in [-0.25, -0.2) is 0 Å². The molecule has 0 aromatic heterocycles. The van der Waals surface area contributed by atoms with E-state index in [1.807, 2.05) is 12.1 Å². The zero-order chi connectivity index (χ0) is 12.3. The average molecular weight is 232 g/mol. The van der Waals surface area contributed by atoms with Gasteiger partial charge in [0.25, 0.3) is 5.69 Å². The molecular formula is C13H16N2O2. The second kappa shape index (κ2) is 5.10. The molecular weight excluding hydrogens is 216 g/mol. The lowest BCUT2D eigenvalue weighted by molar-refractivity contribution is -0.384. The molecule has 1 aliphatic rings. The van der Waals surface area contributed by atoms with Gasteiger partial charge in [0.05, 0.1) is 4.92 Å². The van der Waals surface area contributed by atoms with E-state index in [1.165, 1.54) is 5.57 Å². The third-order valence-corrected chi connectivity index (χ3v) is 3.19. The number of nitro groups is 1. The molecule has 0 bridgehead atoms. The molecule has 90 valence electrons. The minimum Gasteiger partial charge on any atom is -0.300 e. The van der Waals surface area contributed by atoms with E-state index < -0.39 is 0 Å². The van der Waals surface area contributed by atoms with Crippen molar-refractivity contribution in [2.75, 3.05) is 19.6 Å². The second-order valence-corrected chi connectivity index (χ2v) is 4.18. The number of rotatable bonds is 3. The van der Waals surface area contributed by atoms with E-state index in [-0.39, 0.29) is 10.6 Å². The topological polar surface area (TPSA) is 46.4 Å². The summed E-state index contributed by atoms with van der Waals surface area (Å²) in [7, 11) is 0. The van der Waals surface area contributed by atoms with E-state index in [4.69, 9.17) is 0 Å². The van der Waals surface area contributed by atoms with Crippen molar-refractivity contribution >= 4 is 11.3 Å². The van der Waals surface area contributed by atoms with E-state index in [1.54, 1.807) is 12.1 Å². The normalized spacial score (nSPS) is 16.6. The van der Waals surface area contributed by atoms with Gasteiger partial charge in [0.1, 0.15) is 0 Å². The van der Waals surface area contributed by atoms with E-state index in [2.05, 4.69) is 17.9 Å². The van der Waals surface area contributed by atoms with Gasteiger partial charge in [-0.1, -0.05) is 13.0 Å². The minimum atomic E-state index is -0.363. The van der Waals surface area contributed by atoms with E-state index in [0.29, 0.717) is 0 Å². The molecule has 17 heavy (non-hydrogen) atoms. The maximum Gasteiger partial charge on any atom is 0.269 e. The molecule has 0 atom stereocenters. The predicted molar refractivity (Wildman–Crippen MR) is 67.8 cm³/mol. The van der Waals surface area contributed by atoms with Crippen molar-refractivity contribution < 1.29 is 4.92 Å². The van der Waals surface area contributed by atoms with Crippen molar-refractivity contribution in [3.63, 3.8) is 0 Å². The summed E-state index contributed by atoms with van der Waals surface area (Å²) in [5.74, 6) is 0. The molecule has 0 unspecified atom stereocenters. The molecule has 2 rings (SSSR count). The maximum atomic E-state index is 10.6. The first-order valence-corrected chi connectivity index (χ1v) is 5.87. The Labute approximate surface area is 101 Å². The van der Waals surface area contributed by atoms with Crippen LogP contribution in [0.1, 0.15) is 18.9 Å². The van der Waals surface area contributed by atoms with Crippen molar-refractivity contribution in [1.29, 1.82) is 0 Å². The highest BCUT2D eigenvalue weighted by Gasteiger charge is 2.12. The predicted octanol–water partition coefficient (Wildman–Crippen LogP) is 2.70. The van der Waals surface area contributed by atoms with Gasteiger partial charge in [-0.15, -0.1) is 0 Å². The lowest BCUT2D eigenvalue weighted by Crippen LogP contribution is -2.27. The third-order valence-electron chi connectivity index (χ3n) is 3.19. The largest absolute Gasteiger partial charge is 0.300 e. The minimum absolute atomic E-state index is 0.153. The summed E-state index contributed by atoms with van der Waals surface area (Å²) >= 11 is 0.